The van der Waals surface area contributed by atoms with Gasteiger partial charge in [-0.3, -0.25) is 0 Å². The number of benzene rings is 1. The van der Waals surface area contributed by atoms with Crippen molar-refractivity contribution in [2.24, 2.45) is 5.73 Å². The lowest BCUT2D eigenvalue weighted by Crippen LogP contribution is -2.22. The minimum atomic E-state index is -3.32. The molecule has 0 spiro atoms. The van der Waals surface area contributed by atoms with E-state index in [9.17, 15) is 8.42 Å². The van der Waals surface area contributed by atoms with Gasteiger partial charge in [-0.25, -0.2) is 8.42 Å². The van der Waals surface area contributed by atoms with Crippen LogP contribution in [0.25, 0.3) is 0 Å². The van der Waals surface area contributed by atoms with Gasteiger partial charge in [0.15, 0.2) is 14.9 Å². The number of nitrogens with two attached hydrogens (primary N) is 1. The van der Waals surface area contributed by atoms with E-state index >= 15 is 0 Å². The summed E-state index contributed by atoms with van der Waals surface area (Å²) in [6, 6.07) is 5.22. The fourth-order valence-electron chi connectivity index (χ4n) is 2.24. The Labute approximate surface area is 118 Å². The summed E-state index contributed by atoms with van der Waals surface area (Å²) in [6.07, 6.45) is 3.49. The second kappa shape index (κ2) is 5.34. The van der Waals surface area contributed by atoms with Gasteiger partial charge in [0, 0.05) is 25.0 Å². The van der Waals surface area contributed by atoms with Gasteiger partial charge in [-0.15, -0.1) is 0 Å². The Morgan fingerprint density at radius 3 is 2.53 bits per heavy atom. The molecule has 104 valence electrons. The monoisotopic (exact) mass is 299 g/mol. The third kappa shape index (κ3) is 3.36. The number of rotatable bonds is 3. The van der Waals surface area contributed by atoms with Gasteiger partial charge in [-0.05, 0) is 43.3 Å². The van der Waals surface area contributed by atoms with E-state index in [1.807, 2.05) is 6.07 Å². The molecule has 0 aromatic heterocycles. The van der Waals surface area contributed by atoms with Crippen molar-refractivity contribution < 1.29 is 8.42 Å². The molecule has 0 aliphatic carbocycles. The van der Waals surface area contributed by atoms with Gasteiger partial charge in [-0.2, -0.15) is 0 Å². The smallest absolute Gasteiger partial charge is 0.177 e. The van der Waals surface area contributed by atoms with Gasteiger partial charge < -0.3 is 16.0 Å². The van der Waals surface area contributed by atoms with Crippen LogP contribution in [0.2, 0.25) is 0 Å². The van der Waals surface area contributed by atoms with Crippen molar-refractivity contribution in [2.75, 3.05) is 29.6 Å². The summed E-state index contributed by atoms with van der Waals surface area (Å²) in [6.45, 7) is 1.98. The first-order chi connectivity index (χ1) is 8.88. The van der Waals surface area contributed by atoms with Crippen molar-refractivity contribution >= 4 is 38.5 Å². The molecule has 1 fully saturated rings. The number of nitrogens with one attached hydrogen (secondary N) is 1. The van der Waals surface area contributed by atoms with Crippen LogP contribution in [0.1, 0.15) is 12.8 Å². The average molecular weight is 299 g/mol. The predicted molar refractivity (Wildman–Crippen MR) is 81.4 cm³/mol. The first kappa shape index (κ1) is 14.1. The molecule has 1 aromatic rings. The lowest BCUT2D eigenvalue weighted by atomic mass is 10.2. The highest BCUT2D eigenvalue weighted by atomic mass is 32.2. The van der Waals surface area contributed by atoms with Gasteiger partial charge >= 0.3 is 0 Å². The highest BCUT2D eigenvalue weighted by molar-refractivity contribution is 7.90. The fourth-order valence-corrected chi connectivity index (χ4v) is 3.18. The van der Waals surface area contributed by atoms with Crippen molar-refractivity contribution in [2.45, 2.75) is 17.7 Å². The first-order valence-corrected chi connectivity index (χ1v) is 8.33. The van der Waals surface area contributed by atoms with E-state index in [0.29, 0.717) is 5.69 Å². The molecule has 1 aliphatic rings. The van der Waals surface area contributed by atoms with Gasteiger partial charge in [0.05, 0.1) is 10.6 Å². The standard InChI is InChI=1S/C12H17N3O2S2/c1-19(16,17)11-5-4-9(15-6-2-3-7-15)8-10(11)14-12(13)18/h4-5,8H,2-3,6-7H2,1H3,(H3,13,14,18). The summed E-state index contributed by atoms with van der Waals surface area (Å²) in [5.41, 5.74) is 6.89. The van der Waals surface area contributed by atoms with Crippen LogP contribution in [-0.4, -0.2) is 32.9 Å². The minimum absolute atomic E-state index is 0.0588. The summed E-state index contributed by atoms with van der Waals surface area (Å²) in [5.74, 6) is 0. The number of hydrogen-bond acceptors (Lipinski definition) is 4. The number of anilines is 2. The van der Waals surface area contributed by atoms with E-state index in [0.717, 1.165) is 31.6 Å². The molecule has 0 atom stereocenters. The number of sulfone groups is 1. The van der Waals surface area contributed by atoms with Crippen LogP contribution in [0.15, 0.2) is 23.1 Å². The third-order valence-corrected chi connectivity index (χ3v) is 4.35. The molecular weight excluding hydrogens is 282 g/mol. The van der Waals surface area contributed by atoms with Crippen molar-refractivity contribution in [1.82, 2.24) is 0 Å². The van der Waals surface area contributed by atoms with Crippen molar-refractivity contribution in [3.05, 3.63) is 18.2 Å². The quantitative estimate of drug-likeness (QED) is 0.821. The van der Waals surface area contributed by atoms with Crippen LogP contribution >= 0.6 is 12.2 Å². The Morgan fingerprint density at radius 2 is 2.00 bits per heavy atom. The van der Waals surface area contributed by atoms with E-state index in [2.05, 4.69) is 10.2 Å². The van der Waals surface area contributed by atoms with Crippen LogP contribution < -0.4 is 16.0 Å². The molecule has 7 heteroatoms. The maximum Gasteiger partial charge on any atom is 0.177 e. The average Bonchev–Trinajstić information content (AvgIpc) is 2.79. The summed E-state index contributed by atoms with van der Waals surface area (Å²) >= 11 is 4.80. The van der Waals surface area contributed by atoms with E-state index in [4.69, 9.17) is 18.0 Å². The number of hydrogen-bond donors (Lipinski definition) is 2. The minimum Gasteiger partial charge on any atom is -0.376 e. The summed E-state index contributed by atoms with van der Waals surface area (Å²) < 4.78 is 23.5. The molecule has 1 aromatic carbocycles. The lowest BCUT2D eigenvalue weighted by Gasteiger charge is -2.20. The van der Waals surface area contributed by atoms with Crippen LogP contribution in [0, 0.1) is 0 Å². The Balaban J connectivity index is 2.43. The topological polar surface area (TPSA) is 75.4 Å². The lowest BCUT2D eigenvalue weighted by molar-refractivity contribution is 0.602. The van der Waals surface area contributed by atoms with Crippen LogP contribution in [-0.2, 0) is 9.84 Å². The van der Waals surface area contributed by atoms with Gasteiger partial charge in [-0.1, -0.05) is 0 Å². The van der Waals surface area contributed by atoms with Gasteiger partial charge in [0.25, 0.3) is 0 Å². The fraction of sp³-hybridized carbons (Fsp3) is 0.417. The zero-order valence-electron chi connectivity index (χ0n) is 10.7. The van der Waals surface area contributed by atoms with Crippen LogP contribution in [0.5, 0.6) is 0 Å². The van der Waals surface area contributed by atoms with E-state index in [-0.39, 0.29) is 10.0 Å². The Kier molecular flexibility index (Phi) is 3.96. The van der Waals surface area contributed by atoms with E-state index in [1.165, 1.54) is 6.26 Å². The second-order valence-corrected chi connectivity index (χ2v) is 7.06. The van der Waals surface area contributed by atoms with Crippen LogP contribution in [0.4, 0.5) is 11.4 Å². The first-order valence-electron chi connectivity index (χ1n) is 6.03. The van der Waals surface area contributed by atoms with Gasteiger partial charge in [0.1, 0.15) is 0 Å². The van der Waals surface area contributed by atoms with Crippen molar-refractivity contribution in [3.8, 4) is 0 Å². The SMILES string of the molecule is CS(=O)(=O)c1ccc(N2CCCC2)cc1NC(N)=S. The molecule has 3 N–H and O–H groups in total. The molecule has 0 bridgehead atoms. The molecular formula is C12H17N3O2S2. The van der Waals surface area contributed by atoms with Crippen LogP contribution in [0.3, 0.4) is 0 Å². The Bertz CT molecular complexity index is 593. The summed E-state index contributed by atoms with van der Waals surface area (Å²) in [7, 11) is -3.32. The molecule has 1 aliphatic heterocycles. The molecule has 0 unspecified atom stereocenters. The molecule has 0 amide bonds. The normalized spacial score (nSPS) is 15.5. The molecule has 2 rings (SSSR count). The Hall–Kier alpha value is -1.34. The second-order valence-electron chi connectivity index (χ2n) is 4.64. The molecule has 0 saturated carbocycles. The molecule has 5 nitrogen and oxygen atoms in total. The number of nitrogens with zero attached hydrogens (tertiary/aromatic N) is 1. The summed E-state index contributed by atoms with van der Waals surface area (Å²) in [4.78, 5) is 2.43. The predicted octanol–water partition coefficient (Wildman–Crippen LogP) is 1.35. The third-order valence-electron chi connectivity index (χ3n) is 3.09. The van der Waals surface area contributed by atoms with E-state index in [1.54, 1.807) is 12.1 Å². The van der Waals surface area contributed by atoms with E-state index < -0.39 is 9.84 Å². The van der Waals surface area contributed by atoms with Gasteiger partial charge in [0.2, 0.25) is 0 Å². The maximum absolute atomic E-state index is 11.7. The largest absolute Gasteiger partial charge is 0.376 e. The zero-order valence-corrected chi connectivity index (χ0v) is 12.4. The molecule has 19 heavy (non-hydrogen) atoms. The van der Waals surface area contributed by atoms with Crippen molar-refractivity contribution in [3.63, 3.8) is 0 Å². The molecule has 1 heterocycles. The highest BCUT2D eigenvalue weighted by Gasteiger charge is 2.18. The highest BCUT2D eigenvalue weighted by Crippen LogP contribution is 2.29. The number of thiocarbonyl (C=S) groups is 1. The van der Waals surface area contributed by atoms with Crippen molar-refractivity contribution in [1.29, 1.82) is 0 Å². The molecule has 0 radical (unpaired) electrons. The molecule has 1 saturated heterocycles. The summed E-state index contributed by atoms with van der Waals surface area (Å²) in [5, 5.41) is 2.81. The Morgan fingerprint density at radius 1 is 1.37 bits per heavy atom. The zero-order chi connectivity index (χ0) is 14.0. The maximum atomic E-state index is 11.7.